The lowest BCUT2D eigenvalue weighted by atomic mass is 10.2. The zero-order valence-corrected chi connectivity index (χ0v) is 9.24. The zero-order valence-electron chi connectivity index (χ0n) is 8.43. The third kappa shape index (κ3) is 2.07. The maximum absolute atomic E-state index is 11.6. The summed E-state index contributed by atoms with van der Waals surface area (Å²) in [4.78, 5) is 13.5. The number of benzene rings is 1. The Bertz CT molecular complexity index is 363. The van der Waals surface area contributed by atoms with E-state index in [0.717, 1.165) is 0 Å². The second-order valence-corrected chi connectivity index (χ2v) is 4.48. The molecule has 1 saturated heterocycles. The average molecular weight is 219 g/mol. The van der Waals surface area contributed by atoms with E-state index in [1.54, 1.807) is 17.8 Å². The molecular formula is C12H13NOS. The van der Waals surface area contributed by atoms with Crippen LogP contribution in [0.25, 0.3) is 0 Å². The highest BCUT2D eigenvalue weighted by atomic mass is 32.2. The number of hydrogen-bond donors (Lipinski definition) is 0. The van der Waals surface area contributed by atoms with E-state index in [1.165, 1.54) is 5.56 Å². The van der Waals surface area contributed by atoms with Crippen LogP contribution in [-0.4, -0.2) is 23.1 Å². The molecule has 1 aliphatic rings. The minimum Gasteiger partial charge on any atom is -0.322 e. The van der Waals surface area contributed by atoms with Gasteiger partial charge in [0.2, 0.25) is 5.91 Å². The molecule has 0 spiro atoms. The van der Waals surface area contributed by atoms with E-state index >= 15 is 0 Å². The number of carbonyl (C=O) groups excluding carboxylic acids is 1. The van der Waals surface area contributed by atoms with Gasteiger partial charge in [0.05, 0.1) is 5.75 Å². The van der Waals surface area contributed by atoms with Crippen LogP contribution < -0.4 is 0 Å². The summed E-state index contributed by atoms with van der Waals surface area (Å²) in [6, 6.07) is 10.1. The molecular weight excluding hydrogens is 206 g/mol. The van der Waals surface area contributed by atoms with Crippen molar-refractivity contribution in [3.8, 4) is 0 Å². The lowest BCUT2D eigenvalue weighted by Crippen LogP contribution is -2.28. The van der Waals surface area contributed by atoms with E-state index < -0.39 is 0 Å². The number of rotatable bonds is 3. The van der Waals surface area contributed by atoms with E-state index in [1.807, 2.05) is 23.1 Å². The van der Waals surface area contributed by atoms with Crippen LogP contribution >= 0.6 is 11.8 Å². The normalized spacial score (nSPS) is 20.7. The minimum absolute atomic E-state index is 0.164. The molecule has 1 amide bonds. The van der Waals surface area contributed by atoms with Crippen molar-refractivity contribution >= 4 is 17.7 Å². The van der Waals surface area contributed by atoms with Crippen molar-refractivity contribution in [3.63, 3.8) is 0 Å². The van der Waals surface area contributed by atoms with Gasteiger partial charge in [-0.05, 0) is 5.56 Å². The monoisotopic (exact) mass is 219 g/mol. The Morgan fingerprint density at radius 3 is 2.87 bits per heavy atom. The van der Waals surface area contributed by atoms with Gasteiger partial charge in [0.1, 0.15) is 5.37 Å². The van der Waals surface area contributed by atoms with Crippen molar-refractivity contribution < 1.29 is 4.79 Å². The molecule has 78 valence electrons. The number of hydrogen-bond acceptors (Lipinski definition) is 2. The van der Waals surface area contributed by atoms with Crippen LogP contribution in [0.3, 0.4) is 0 Å². The number of thioether (sulfide) groups is 1. The first kappa shape index (κ1) is 10.3. The first-order valence-corrected chi connectivity index (χ1v) is 5.94. The molecule has 1 heterocycles. The SMILES string of the molecule is C=CCN1C(=O)CSC1c1ccccc1. The van der Waals surface area contributed by atoms with Crippen molar-refractivity contribution in [2.75, 3.05) is 12.3 Å². The Morgan fingerprint density at radius 2 is 2.20 bits per heavy atom. The Balaban J connectivity index is 2.22. The molecule has 2 nitrogen and oxygen atoms in total. The summed E-state index contributed by atoms with van der Waals surface area (Å²) in [6.45, 7) is 4.31. The average Bonchev–Trinajstić information content (AvgIpc) is 2.63. The fourth-order valence-electron chi connectivity index (χ4n) is 1.68. The molecule has 0 aliphatic carbocycles. The summed E-state index contributed by atoms with van der Waals surface area (Å²) in [7, 11) is 0. The van der Waals surface area contributed by atoms with Crippen LogP contribution in [0.2, 0.25) is 0 Å². The number of amides is 1. The Kier molecular flexibility index (Phi) is 3.11. The fourth-order valence-corrected chi connectivity index (χ4v) is 2.88. The highest BCUT2D eigenvalue weighted by molar-refractivity contribution is 8.00. The molecule has 0 radical (unpaired) electrons. The van der Waals surface area contributed by atoms with E-state index in [0.29, 0.717) is 12.3 Å². The van der Waals surface area contributed by atoms with Gasteiger partial charge in [-0.3, -0.25) is 4.79 Å². The Morgan fingerprint density at radius 1 is 1.47 bits per heavy atom. The lowest BCUT2D eigenvalue weighted by molar-refractivity contribution is -0.127. The summed E-state index contributed by atoms with van der Waals surface area (Å²) in [5.74, 6) is 0.779. The van der Waals surface area contributed by atoms with Crippen LogP contribution in [0, 0.1) is 0 Å². The largest absolute Gasteiger partial charge is 0.322 e. The zero-order chi connectivity index (χ0) is 10.7. The van der Waals surface area contributed by atoms with Crippen molar-refractivity contribution in [3.05, 3.63) is 48.6 Å². The molecule has 1 fully saturated rings. The van der Waals surface area contributed by atoms with Gasteiger partial charge < -0.3 is 4.90 Å². The first-order valence-electron chi connectivity index (χ1n) is 4.90. The maximum atomic E-state index is 11.6. The van der Waals surface area contributed by atoms with E-state index in [-0.39, 0.29) is 11.3 Å². The second-order valence-electron chi connectivity index (χ2n) is 3.41. The van der Waals surface area contributed by atoms with Gasteiger partial charge in [-0.25, -0.2) is 0 Å². The van der Waals surface area contributed by atoms with Crippen LogP contribution in [0.4, 0.5) is 0 Å². The topological polar surface area (TPSA) is 20.3 Å². The number of carbonyl (C=O) groups is 1. The molecule has 3 heteroatoms. The fraction of sp³-hybridized carbons (Fsp3) is 0.250. The maximum Gasteiger partial charge on any atom is 0.234 e. The van der Waals surface area contributed by atoms with Crippen molar-refractivity contribution in [1.29, 1.82) is 0 Å². The molecule has 1 aliphatic heterocycles. The third-order valence-electron chi connectivity index (χ3n) is 2.38. The highest BCUT2D eigenvalue weighted by Gasteiger charge is 2.31. The molecule has 0 aromatic heterocycles. The molecule has 1 atom stereocenters. The summed E-state index contributed by atoms with van der Waals surface area (Å²) in [5, 5.41) is 0.164. The van der Waals surface area contributed by atoms with Gasteiger partial charge in [0.25, 0.3) is 0 Å². The summed E-state index contributed by atoms with van der Waals surface area (Å²) in [6.07, 6.45) is 1.78. The van der Waals surface area contributed by atoms with Crippen molar-refractivity contribution in [2.45, 2.75) is 5.37 Å². The highest BCUT2D eigenvalue weighted by Crippen LogP contribution is 2.37. The smallest absolute Gasteiger partial charge is 0.234 e. The number of nitrogens with zero attached hydrogens (tertiary/aromatic N) is 1. The quantitative estimate of drug-likeness (QED) is 0.728. The molecule has 1 unspecified atom stereocenters. The minimum atomic E-state index is 0.164. The molecule has 1 aromatic carbocycles. The molecule has 0 bridgehead atoms. The van der Waals surface area contributed by atoms with Crippen LogP contribution in [-0.2, 0) is 4.79 Å². The molecule has 15 heavy (non-hydrogen) atoms. The predicted octanol–water partition coefficient (Wildman–Crippen LogP) is 2.45. The van der Waals surface area contributed by atoms with Crippen LogP contribution in [0.5, 0.6) is 0 Å². The summed E-state index contributed by atoms with van der Waals surface area (Å²) in [5.41, 5.74) is 1.19. The molecule has 2 rings (SSSR count). The van der Waals surface area contributed by atoms with Gasteiger partial charge in [-0.1, -0.05) is 36.4 Å². The van der Waals surface area contributed by atoms with Gasteiger partial charge in [-0.2, -0.15) is 0 Å². The van der Waals surface area contributed by atoms with E-state index in [4.69, 9.17) is 0 Å². The van der Waals surface area contributed by atoms with Crippen molar-refractivity contribution in [2.24, 2.45) is 0 Å². The van der Waals surface area contributed by atoms with Crippen LogP contribution in [0.1, 0.15) is 10.9 Å². The van der Waals surface area contributed by atoms with Gasteiger partial charge >= 0.3 is 0 Å². The van der Waals surface area contributed by atoms with Gasteiger partial charge in [0.15, 0.2) is 0 Å². The predicted molar refractivity (Wildman–Crippen MR) is 63.6 cm³/mol. The lowest BCUT2D eigenvalue weighted by Gasteiger charge is -2.22. The summed E-state index contributed by atoms with van der Waals surface area (Å²) >= 11 is 1.68. The van der Waals surface area contributed by atoms with E-state index in [2.05, 4.69) is 18.7 Å². The Hall–Kier alpha value is -1.22. The second kappa shape index (κ2) is 4.53. The third-order valence-corrected chi connectivity index (χ3v) is 3.63. The van der Waals surface area contributed by atoms with Gasteiger partial charge in [-0.15, -0.1) is 18.3 Å². The Labute approximate surface area is 94.0 Å². The molecule has 0 saturated carbocycles. The van der Waals surface area contributed by atoms with E-state index in [9.17, 15) is 4.79 Å². The summed E-state index contributed by atoms with van der Waals surface area (Å²) < 4.78 is 0. The van der Waals surface area contributed by atoms with Crippen molar-refractivity contribution in [1.82, 2.24) is 4.90 Å². The molecule has 0 N–H and O–H groups in total. The van der Waals surface area contributed by atoms with Crippen LogP contribution in [0.15, 0.2) is 43.0 Å². The standard InChI is InChI=1S/C12H13NOS/c1-2-8-13-11(14)9-15-12(13)10-6-4-3-5-7-10/h2-7,12H,1,8-9H2. The molecule has 1 aromatic rings. The first-order chi connectivity index (χ1) is 7.33. The van der Waals surface area contributed by atoms with Gasteiger partial charge in [0, 0.05) is 6.54 Å².